The highest BCUT2D eigenvalue weighted by molar-refractivity contribution is 5.94. The van der Waals surface area contributed by atoms with Crippen molar-refractivity contribution in [3.63, 3.8) is 0 Å². The molecule has 3 rings (SSSR count). The number of halogens is 2. The van der Waals surface area contributed by atoms with Crippen molar-refractivity contribution in [1.29, 1.82) is 0 Å². The van der Waals surface area contributed by atoms with Crippen LogP contribution in [-0.4, -0.2) is 32.6 Å². The standard InChI is InChI=1S/C18H16F2N4O/c1-12(13-3-5-17(6-4-13)24-11-21-10-22-24)23(2)18(25)14-7-15(19)9-16(20)8-14/h3-12H,1-2H3/t12-/m0/s1. The summed E-state index contributed by atoms with van der Waals surface area (Å²) in [5, 5.41) is 4.05. The molecule has 0 spiro atoms. The van der Waals surface area contributed by atoms with Crippen LogP contribution in [0.5, 0.6) is 0 Å². The molecule has 2 aromatic carbocycles. The summed E-state index contributed by atoms with van der Waals surface area (Å²) in [4.78, 5) is 17.8. The number of hydrogen-bond donors (Lipinski definition) is 0. The Bertz CT molecular complexity index is 858. The Morgan fingerprint density at radius 3 is 2.32 bits per heavy atom. The number of aromatic nitrogens is 3. The molecule has 1 amide bonds. The minimum atomic E-state index is -0.776. The van der Waals surface area contributed by atoms with Crippen LogP contribution in [0.15, 0.2) is 55.1 Å². The van der Waals surface area contributed by atoms with E-state index in [1.807, 2.05) is 31.2 Å². The van der Waals surface area contributed by atoms with Crippen molar-refractivity contribution in [3.05, 3.63) is 77.9 Å². The molecule has 3 aromatic rings. The fraction of sp³-hybridized carbons (Fsp3) is 0.167. The lowest BCUT2D eigenvalue weighted by molar-refractivity contribution is 0.0741. The number of hydrogen-bond acceptors (Lipinski definition) is 3. The van der Waals surface area contributed by atoms with Crippen molar-refractivity contribution in [2.24, 2.45) is 0 Å². The van der Waals surface area contributed by atoms with Gasteiger partial charge in [0.2, 0.25) is 0 Å². The Labute approximate surface area is 143 Å². The Kier molecular flexibility index (Phi) is 4.56. The van der Waals surface area contributed by atoms with Gasteiger partial charge >= 0.3 is 0 Å². The molecule has 1 atom stereocenters. The van der Waals surface area contributed by atoms with Gasteiger partial charge in [-0.15, -0.1) is 0 Å². The van der Waals surface area contributed by atoms with E-state index in [2.05, 4.69) is 10.1 Å². The zero-order valence-corrected chi connectivity index (χ0v) is 13.7. The second-order valence-electron chi connectivity index (χ2n) is 5.68. The van der Waals surface area contributed by atoms with E-state index in [-0.39, 0.29) is 11.6 Å². The Hall–Kier alpha value is -3.09. The van der Waals surface area contributed by atoms with Gasteiger partial charge in [0.1, 0.15) is 24.3 Å². The van der Waals surface area contributed by atoms with Crippen molar-refractivity contribution < 1.29 is 13.6 Å². The molecule has 0 fully saturated rings. The van der Waals surface area contributed by atoms with Gasteiger partial charge in [0, 0.05) is 18.7 Å². The molecule has 0 bridgehead atoms. The topological polar surface area (TPSA) is 51.0 Å². The fourth-order valence-electron chi connectivity index (χ4n) is 2.53. The minimum Gasteiger partial charge on any atom is -0.335 e. The summed E-state index contributed by atoms with van der Waals surface area (Å²) in [5.41, 5.74) is 1.71. The highest BCUT2D eigenvalue weighted by Crippen LogP contribution is 2.22. The molecule has 0 aliphatic rings. The van der Waals surface area contributed by atoms with Gasteiger partial charge in [-0.05, 0) is 36.8 Å². The molecule has 0 saturated carbocycles. The molecule has 7 heteroatoms. The van der Waals surface area contributed by atoms with Crippen LogP contribution in [-0.2, 0) is 0 Å². The number of carbonyl (C=O) groups is 1. The highest BCUT2D eigenvalue weighted by Gasteiger charge is 2.20. The third-order valence-electron chi connectivity index (χ3n) is 4.07. The first kappa shape index (κ1) is 16.8. The maximum Gasteiger partial charge on any atom is 0.254 e. The average Bonchev–Trinajstić information content (AvgIpc) is 3.14. The number of carbonyl (C=O) groups excluding carboxylic acids is 1. The molecule has 0 saturated heterocycles. The number of rotatable bonds is 4. The van der Waals surface area contributed by atoms with Crippen LogP contribution in [0.25, 0.3) is 5.69 Å². The van der Waals surface area contributed by atoms with Gasteiger partial charge in [-0.3, -0.25) is 4.79 Å². The predicted octanol–water partition coefficient (Wildman–Crippen LogP) is 3.38. The molecule has 0 unspecified atom stereocenters. The lowest BCUT2D eigenvalue weighted by Gasteiger charge is -2.25. The van der Waals surface area contributed by atoms with Crippen LogP contribution in [0, 0.1) is 11.6 Å². The molecule has 0 N–H and O–H groups in total. The summed E-state index contributed by atoms with van der Waals surface area (Å²) >= 11 is 0. The zero-order chi connectivity index (χ0) is 18.0. The summed E-state index contributed by atoms with van der Waals surface area (Å²) < 4.78 is 28.3. The fourth-order valence-corrected chi connectivity index (χ4v) is 2.53. The largest absolute Gasteiger partial charge is 0.335 e. The summed E-state index contributed by atoms with van der Waals surface area (Å²) in [5.74, 6) is -2.01. The second kappa shape index (κ2) is 6.80. The van der Waals surface area contributed by atoms with E-state index in [1.54, 1.807) is 18.1 Å². The average molecular weight is 342 g/mol. The molecule has 128 valence electrons. The van der Waals surface area contributed by atoms with Gasteiger partial charge in [0.25, 0.3) is 5.91 Å². The number of amides is 1. The maximum atomic E-state index is 13.3. The first-order chi connectivity index (χ1) is 12.0. The van der Waals surface area contributed by atoms with E-state index in [4.69, 9.17) is 0 Å². The van der Waals surface area contributed by atoms with Gasteiger partial charge in [0.05, 0.1) is 11.7 Å². The van der Waals surface area contributed by atoms with Crippen LogP contribution in [0.4, 0.5) is 8.78 Å². The molecule has 1 aromatic heterocycles. The molecule has 0 radical (unpaired) electrons. The predicted molar refractivity (Wildman–Crippen MR) is 88.2 cm³/mol. The van der Waals surface area contributed by atoms with Crippen molar-refractivity contribution in [3.8, 4) is 5.69 Å². The molecule has 0 aliphatic heterocycles. The van der Waals surface area contributed by atoms with Crippen LogP contribution < -0.4 is 0 Å². The van der Waals surface area contributed by atoms with Crippen molar-refractivity contribution in [2.45, 2.75) is 13.0 Å². The van der Waals surface area contributed by atoms with Crippen LogP contribution >= 0.6 is 0 Å². The molecular weight excluding hydrogens is 326 g/mol. The van der Waals surface area contributed by atoms with Crippen molar-refractivity contribution in [1.82, 2.24) is 19.7 Å². The minimum absolute atomic E-state index is 0.0221. The van der Waals surface area contributed by atoms with E-state index in [0.717, 1.165) is 29.4 Å². The molecular formula is C18H16F2N4O. The third kappa shape index (κ3) is 3.55. The van der Waals surface area contributed by atoms with E-state index in [1.165, 1.54) is 11.2 Å². The monoisotopic (exact) mass is 342 g/mol. The molecule has 1 heterocycles. The summed E-state index contributed by atoms with van der Waals surface area (Å²) in [6, 6.07) is 9.99. The van der Waals surface area contributed by atoms with Crippen LogP contribution in [0.3, 0.4) is 0 Å². The van der Waals surface area contributed by atoms with Gasteiger partial charge < -0.3 is 4.90 Å². The molecule has 5 nitrogen and oxygen atoms in total. The Morgan fingerprint density at radius 1 is 1.12 bits per heavy atom. The quantitative estimate of drug-likeness (QED) is 0.730. The maximum absolute atomic E-state index is 13.3. The number of nitrogens with zero attached hydrogens (tertiary/aromatic N) is 4. The second-order valence-corrected chi connectivity index (χ2v) is 5.68. The van der Waals surface area contributed by atoms with E-state index >= 15 is 0 Å². The highest BCUT2D eigenvalue weighted by atomic mass is 19.1. The van der Waals surface area contributed by atoms with Gasteiger partial charge in [-0.1, -0.05) is 12.1 Å². The smallest absolute Gasteiger partial charge is 0.254 e. The van der Waals surface area contributed by atoms with Crippen LogP contribution in [0.1, 0.15) is 28.9 Å². The van der Waals surface area contributed by atoms with Crippen LogP contribution in [0.2, 0.25) is 0 Å². The Balaban J connectivity index is 1.79. The zero-order valence-electron chi connectivity index (χ0n) is 13.7. The molecule has 0 aliphatic carbocycles. The Morgan fingerprint density at radius 2 is 1.76 bits per heavy atom. The molecule has 25 heavy (non-hydrogen) atoms. The van der Waals surface area contributed by atoms with Gasteiger partial charge in [-0.2, -0.15) is 5.10 Å². The first-order valence-electron chi connectivity index (χ1n) is 7.64. The number of benzene rings is 2. The van der Waals surface area contributed by atoms with Gasteiger partial charge in [0.15, 0.2) is 0 Å². The summed E-state index contributed by atoms with van der Waals surface area (Å²) in [7, 11) is 1.60. The summed E-state index contributed by atoms with van der Waals surface area (Å²) in [6.07, 6.45) is 3.04. The van der Waals surface area contributed by atoms with Crippen molar-refractivity contribution in [2.75, 3.05) is 7.05 Å². The first-order valence-corrected chi connectivity index (χ1v) is 7.64. The lowest BCUT2D eigenvalue weighted by atomic mass is 10.1. The van der Waals surface area contributed by atoms with Gasteiger partial charge in [-0.25, -0.2) is 18.4 Å². The van der Waals surface area contributed by atoms with E-state index < -0.39 is 17.5 Å². The van der Waals surface area contributed by atoms with E-state index in [0.29, 0.717) is 0 Å². The normalized spacial score (nSPS) is 12.0. The SMILES string of the molecule is C[C@@H](c1ccc(-n2cncn2)cc1)N(C)C(=O)c1cc(F)cc(F)c1. The van der Waals surface area contributed by atoms with Crippen molar-refractivity contribution >= 4 is 5.91 Å². The lowest BCUT2D eigenvalue weighted by Crippen LogP contribution is -2.29. The third-order valence-corrected chi connectivity index (χ3v) is 4.07. The summed E-state index contributed by atoms with van der Waals surface area (Å²) in [6.45, 7) is 1.85. The van der Waals surface area contributed by atoms with E-state index in [9.17, 15) is 13.6 Å².